The molecule has 0 bridgehead atoms. The zero-order chi connectivity index (χ0) is 20.7. The molecular formula is C25H26N2O3. The van der Waals surface area contributed by atoms with E-state index in [0.717, 1.165) is 40.8 Å². The second-order valence-corrected chi connectivity index (χ2v) is 8.49. The molecule has 1 aliphatic heterocycles. The average molecular weight is 402 g/mol. The van der Waals surface area contributed by atoms with Crippen molar-refractivity contribution in [2.45, 2.75) is 39.2 Å². The first-order chi connectivity index (χ1) is 14.6. The van der Waals surface area contributed by atoms with Gasteiger partial charge in [0.2, 0.25) is 6.79 Å². The average Bonchev–Trinajstić information content (AvgIpc) is 3.24. The van der Waals surface area contributed by atoms with Crippen LogP contribution in [0.2, 0.25) is 0 Å². The number of rotatable bonds is 3. The number of amides is 1. The Labute approximate surface area is 176 Å². The fraction of sp³-hybridized carbons (Fsp3) is 0.360. The van der Waals surface area contributed by atoms with Gasteiger partial charge >= 0.3 is 0 Å². The Morgan fingerprint density at radius 3 is 2.77 bits per heavy atom. The molecule has 30 heavy (non-hydrogen) atoms. The van der Waals surface area contributed by atoms with Crippen molar-refractivity contribution in [1.82, 2.24) is 10.3 Å². The SMILES string of the molecule is C[C@@H]1[C@H](C)CCC[C@H]1NC(=O)c1cc(-c2ccc3c(c2)OCO3)nc2ccccc12. The molecule has 0 unspecified atom stereocenters. The van der Waals surface area contributed by atoms with Gasteiger partial charge in [-0.05, 0) is 48.6 Å². The van der Waals surface area contributed by atoms with Crippen molar-refractivity contribution in [3.8, 4) is 22.8 Å². The molecule has 1 N–H and O–H groups in total. The summed E-state index contributed by atoms with van der Waals surface area (Å²) in [6.07, 6.45) is 3.44. The molecule has 1 fully saturated rings. The van der Waals surface area contributed by atoms with E-state index < -0.39 is 0 Å². The van der Waals surface area contributed by atoms with Gasteiger partial charge in [-0.3, -0.25) is 4.79 Å². The monoisotopic (exact) mass is 402 g/mol. The van der Waals surface area contributed by atoms with Crippen LogP contribution in [0.25, 0.3) is 22.2 Å². The zero-order valence-electron chi connectivity index (χ0n) is 17.4. The van der Waals surface area contributed by atoms with E-state index in [1.54, 1.807) is 0 Å². The Balaban J connectivity index is 1.53. The van der Waals surface area contributed by atoms with Gasteiger partial charge in [0.15, 0.2) is 11.5 Å². The van der Waals surface area contributed by atoms with E-state index in [4.69, 9.17) is 14.5 Å². The summed E-state index contributed by atoms with van der Waals surface area (Å²) in [4.78, 5) is 18.2. The predicted octanol–water partition coefficient (Wildman–Crippen LogP) is 5.19. The van der Waals surface area contributed by atoms with Crippen molar-refractivity contribution >= 4 is 16.8 Å². The standard InChI is InChI=1S/C25H26N2O3/c1-15-6-5-9-20(16(15)2)27-25(28)19-13-22(26-21-8-4-3-7-18(19)21)17-10-11-23-24(12-17)30-14-29-23/h3-4,7-8,10-13,15-16,20H,5-6,9,14H2,1-2H3,(H,27,28)/t15-,16-,20-/m1/s1. The highest BCUT2D eigenvalue weighted by atomic mass is 16.7. The summed E-state index contributed by atoms with van der Waals surface area (Å²) in [5.41, 5.74) is 3.13. The normalized spacial score (nSPS) is 22.8. The number of nitrogens with zero attached hydrogens (tertiary/aromatic N) is 1. The first kappa shape index (κ1) is 18.9. The van der Waals surface area contributed by atoms with Crippen LogP contribution >= 0.6 is 0 Å². The minimum absolute atomic E-state index is 0.0263. The van der Waals surface area contributed by atoms with Crippen molar-refractivity contribution in [1.29, 1.82) is 0 Å². The van der Waals surface area contributed by atoms with Crippen LogP contribution in [0.4, 0.5) is 0 Å². The number of carbonyl (C=O) groups is 1. The van der Waals surface area contributed by atoms with Crippen molar-refractivity contribution in [3.05, 3.63) is 54.1 Å². The van der Waals surface area contributed by atoms with Crippen LogP contribution in [0.5, 0.6) is 11.5 Å². The number of aromatic nitrogens is 1. The van der Waals surface area contributed by atoms with Gasteiger partial charge < -0.3 is 14.8 Å². The van der Waals surface area contributed by atoms with Crippen LogP contribution in [-0.2, 0) is 0 Å². The molecule has 1 aromatic heterocycles. The highest BCUT2D eigenvalue weighted by Gasteiger charge is 2.29. The largest absolute Gasteiger partial charge is 0.454 e. The van der Waals surface area contributed by atoms with Gasteiger partial charge in [0, 0.05) is 17.0 Å². The number of para-hydroxylation sites is 1. The van der Waals surface area contributed by atoms with Gasteiger partial charge in [0.1, 0.15) is 0 Å². The summed E-state index contributed by atoms with van der Waals surface area (Å²) in [6.45, 7) is 4.76. The van der Waals surface area contributed by atoms with Crippen molar-refractivity contribution in [2.24, 2.45) is 11.8 Å². The molecule has 2 aliphatic rings. The molecule has 0 radical (unpaired) electrons. The summed E-state index contributed by atoms with van der Waals surface area (Å²) in [5.74, 6) is 2.52. The smallest absolute Gasteiger partial charge is 0.252 e. The molecular weight excluding hydrogens is 376 g/mol. The molecule has 0 spiro atoms. The molecule has 5 nitrogen and oxygen atoms in total. The lowest BCUT2D eigenvalue weighted by Crippen LogP contribution is -2.43. The number of nitrogens with one attached hydrogen (secondary N) is 1. The molecule has 3 atom stereocenters. The third-order valence-corrected chi connectivity index (χ3v) is 6.65. The van der Waals surface area contributed by atoms with Crippen molar-refractivity contribution < 1.29 is 14.3 Å². The van der Waals surface area contributed by atoms with Crippen LogP contribution < -0.4 is 14.8 Å². The minimum atomic E-state index is -0.0263. The number of benzene rings is 2. The third-order valence-electron chi connectivity index (χ3n) is 6.65. The van der Waals surface area contributed by atoms with E-state index in [9.17, 15) is 4.79 Å². The van der Waals surface area contributed by atoms with Gasteiger partial charge in [-0.2, -0.15) is 0 Å². The van der Waals surface area contributed by atoms with Crippen LogP contribution in [0.15, 0.2) is 48.5 Å². The second-order valence-electron chi connectivity index (χ2n) is 8.49. The summed E-state index contributed by atoms with van der Waals surface area (Å²) in [6, 6.07) is 15.7. The lowest BCUT2D eigenvalue weighted by molar-refractivity contribution is 0.0892. The van der Waals surface area contributed by atoms with E-state index in [1.807, 2.05) is 48.5 Å². The maximum Gasteiger partial charge on any atom is 0.252 e. The fourth-order valence-electron chi connectivity index (χ4n) is 4.60. The quantitative estimate of drug-likeness (QED) is 0.655. The van der Waals surface area contributed by atoms with Crippen molar-refractivity contribution in [2.75, 3.05) is 6.79 Å². The summed E-state index contributed by atoms with van der Waals surface area (Å²) < 4.78 is 10.9. The molecule has 154 valence electrons. The predicted molar refractivity (Wildman–Crippen MR) is 117 cm³/mol. The molecule has 0 saturated heterocycles. The van der Waals surface area contributed by atoms with Crippen LogP contribution in [0.1, 0.15) is 43.5 Å². The maximum absolute atomic E-state index is 13.4. The number of fused-ring (bicyclic) bond motifs is 2. The van der Waals surface area contributed by atoms with Gasteiger partial charge in [-0.25, -0.2) is 4.98 Å². The van der Waals surface area contributed by atoms with Crippen LogP contribution in [0.3, 0.4) is 0 Å². The van der Waals surface area contributed by atoms with Gasteiger partial charge in [0.25, 0.3) is 5.91 Å². The van der Waals surface area contributed by atoms with E-state index >= 15 is 0 Å². The summed E-state index contributed by atoms with van der Waals surface area (Å²) in [7, 11) is 0. The third kappa shape index (κ3) is 3.38. The lowest BCUT2D eigenvalue weighted by atomic mass is 9.78. The highest BCUT2D eigenvalue weighted by molar-refractivity contribution is 6.07. The number of hydrogen-bond donors (Lipinski definition) is 1. The Morgan fingerprint density at radius 2 is 1.87 bits per heavy atom. The fourth-order valence-corrected chi connectivity index (χ4v) is 4.60. The Morgan fingerprint density at radius 1 is 1.03 bits per heavy atom. The number of hydrogen-bond acceptors (Lipinski definition) is 4. The minimum Gasteiger partial charge on any atom is -0.454 e. The first-order valence-electron chi connectivity index (χ1n) is 10.7. The Kier molecular flexibility index (Phi) is 4.81. The number of carbonyl (C=O) groups excluding carboxylic acids is 1. The molecule has 5 rings (SSSR count). The summed E-state index contributed by atoms with van der Waals surface area (Å²) >= 11 is 0. The topological polar surface area (TPSA) is 60.5 Å². The van der Waals surface area contributed by atoms with E-state index in [2.05, 4.69) is 19.2 Å². The zero-order valence-corrected chi connectivity index (χ0v) is 17.4. The molecule has 5 heteroatoms. The molecule has 2 heterocycles. The van der Waals surface area contributed by atoms with E-state index in [0.29, 0.717) is 23.1 Å². The molecule has 1 amide bonds. The second kappa shape index (κ2) is 7.63. The first-order valence-corrected chi connectivity index (χ1v) is 10.7. The molecule has 1 saturated carbocycles. The van der Waals surface area contributed by atoms with Crippen LogP contribution in [0, 0.1) is 11.8 Å². The van der Waals surface area contributed by atoms with E-state index in [-0.39, 0.29) is 18.7 Å². The summed E-state index contributed by atoms with van der Waals surface area (Å²) in [5, 5.41) is 4.19. The Bertz CT molecular complexity index is 1110. The number of pyridine rings is 1. The molecule has 2 aromatic carbocycles. The van der Waals surface area contributed by atoms with Gasteiger partial charge in [-0.1, -0.05) is 44.9 Å². The number of ether oxygens (including phenoxy) is 2. The lowest BCUT2D eigenvalue weighted by Gasteiger charge is -2.34. The van der Waals surface area contributed by atoms with E-state index in [1.165, 1.54) is 6.42 Å². The van der Waals surface area contributed by atoms with Gasteiger partial charge in [0.05, 0.1) is 16.8 Å². The molecule has 3 aromatic rings. The van der Waals surface area contributed by atoms with Crippen molar-refractivity contribution in [3.63, 3.8) is 0 Å². The molecule has 1 aliphatic carbocycles. The Hall–Kier alpha value is -3.08. The highest BCUT2D eigenvalue weighted by Crippen LogP contribution is 2.36. The van der Waals surface area contributed by atoms with Crippen LogP contribution in [-0.4, -0.2) is 23.7 Å². The maximum atomic E-state index is 13.4. The van der Waals surface area contributed by atoms with Gasteiger partial charge in [-0.15, -0.1) is 0 Å².